The lowest BCUT2D eigenvalue weighted by atomic mass is 9.84. The van der Waals surface area contributed by atoms with E-state index in [4.69, 9.17) is 0 Å². The van der Waals surface area contributed by atoms with Crippen LogP contribution in [0.25, 0.3) is 0 Å². The highest BCUT2D eigenvalue weighted by Gasteiger charge is 2.19. The molecule has 0 saturated heterocycles. The number of hydrogen-bond donors (Lipinski definition) is 0. The van der Waals surface area contributed by atoms with Crippen LogP contribution in [0, 0.1) is 5.92 Å². The molecular formula is C10H14O. The second-order valence-electron chi connectivity index (χ2n) is 3.28. The summed E-state index contributed by atoms with van der Waals surface area (Å²) < 4.78 is 0. The maximum absolute atomic E-state index is 11.0. The molecule has 0 bridgehead atoms. The molecule has 0 aliphatic heterocycles. The third kappa shape index (κ3) is 1.79. The monoisotopic (exact) mass is 150 g/mol. The molecule has 1 heteroatoms. The van der Waals surface area contributed by atoms with Gasteiger partial charge in [0.1, 0.15) is 5.78 Å². The zero-order valence-corrected chi connectivity index (χ0v) is 7.18. The van der Waals surface area contributed by atoms with Crippen molar-refractivity contribution >= 4 is 5.78 Å². The van der Waals surface area contributed by atoms with E-state index in [9.17, 15) is 4.79 Å². The largest absolute Gasteiger partial charge is 0.299 e. The lowest BCUT2D eigenvalue weighted by Crippen LogP contribution is -2.15. The Morgan fingerprint density at radius 2 is 2.36 bits per heavy atom. The number of hydrogen-bond acceptors (Lipinski definition) is 1. The Balaban J connectivity index is 2.74. The molecule has 1 rings (SSSR count). The Bertz CT molecular complexity index is 223. The Kier molecular flexibility index (Phi) is 2.28. The van der Waals surface area contributed by atoms with Gasteiger partial charge in [0.05, 0.1) is 0 Å². The SMILES string of the molecule is C=C1CC(C)=CCC1C(C)=O. The van der Waals surface area contributed by atoms with Gasteiger partial charge in [0.15, 0.2) is 0 Å². The number of Topliss-reactive ketones (excluding diaryl/α,β-unsaturated/α-hetero) is 1. The van der Waals surface area contributed by atoms with Crippen molar-refractivity contribution < 1.29 is 4.79 Å². The molecule has 0 heterocycles. The first-order valence-corrected chi connectivity index (χ1v) is 3.95. The predicted octanol–water partition coefficient (Wildman–Crippen LogP) is 2.49. The van der Waals surface area contributed by atoms with Gasteiger partial charge in [-0.2, -0.15) is 0 Å². The van der Waals surface area contributed by atoms with Gasteiger partial charge in [0.25, 0.3) is 0 Å². The molecule has 0 radical (unpaired) electrons. The molecule has 60 valence electrons. The van der Waals surface area contributed by atoms with Gasteiger partial charge >= 0.3 is 0 Å². The number of carbonyl (C=O) groups is 1. The minimum absolute atomic E-state index is 0.0960. The highest BCUT2D eigenvalue weighted by Crippen LogP contribution is 2.27. The van der Waals surface area contributed by atoms with Gasteiger partial charge < -0.3 is 0 Å². The first kappa shape index (κ1) is 8.25. The molecular weight excluding hydrogens is 136 g/mol. The maximum Gasteiger partial charge on any atom is 0.137 e. The van der Waals surface area contributed by atoms with E-state index in [1.165, 1.54) is 5.57 Å². The van der Waals surface area contributed by atoms with Crippen molar-refractivity contribution in [2.75, 3.05) is 0 Å². The van der Waals surface area contributed by atoms with E-state index in [0.717, 1.165) is 18.4 Å². The summed E-state index contributed by atoms with van der Waals surface area (Å²) in [6, 6.07) is 0. The van der Waals surface area contributed by atoms with Crippen LogP contribution in [-0.2, 0) is 4.79 Å². The number of rotatable bonds is 1. The maximum atomic E-state index is 11.0. The van der Waals surface area contributed by atoms with E-state index >= 15 is 0 Å². The van der Waals surface area contributed by atoms with E-state index < -0.39 is 0 Å². The molecule has 1 nitrogen and oxygen atoms in total. The minimum atomic E-state index is 0.0960. The molecule has 0 amide bonds. The van der Waals surface area contributed by atoms with Crippen LogP contribution in [0.3, 0.4) is 0 Å². The Hall–Kier alpha value is -0.850. The summed E-state index contributed by atoms with van der Waals surface area (Å²) in [4.78, 5) is 11.0. The molecule has 0 aromatic carbocycles. The molecule has 0 spiro atoms. The van der Waals surface area contributed by atoms with E-state index in [0.29, 0.717) is 0 Å². The zero-order valence-electron chi connectivity index (χ0n) is 7.18. The molecule has 0 fully saturated rings. The van der Waals surface area contributed by atoms with Crippen molar-refractivity contribution in [1.29, 1.82) is 0 Å². The molecule has 0 aromatic rings. The molecule has 11 heavy (non-hydrogen) atoms. The molecule has 0 aromatic heterocycles. The molecule has 1 unspecified atom stereocenters. The third-order valence-electron chi connectivity index (χ3n) is 2.19. The highest BCUT2D eigenvalue weighted by molar-refractivity contribution is 5.81. The van der Waals surface area contributed by atoms with Crippen molar-refractivity contribution in [1.82, 2.24) is 0 Å². The van der Waals surface area contributed by atoms with Gasteiger partial charge in [0, 0.05) is 5.92 Å². The molecule has 0 N–H and O–H groups in total. The highest BCUT2D eigenvalue weighted by atomic mass is 16.1. The van der Waals surface area contributed by atoms with Gasteiger partial charge in [-0.05, 0) is 26.7 Å². The fourth-order valence-electron chi connectivity index (χ4n) is 1.49. The van der Waals surface area contributed by atoms with Crippen LogP contribution < -0.4 is 0 Å². The molecule has 0 saturated carbocycles. The van der Waals surface area contributed by atoms with Crippen molar-refractivity contribution in [2.24, 2.45) is 5.92 Å². The van der Waals surface area contributed by atoms with Crippen molar-refractivity contribution in [3.63, 3.8) is 0 Å². The number of allylic oxidation sites excluding steroid dienone is 3. The summed E-state index contributed by atoms with van der Waals surface area (Å²) in [5.74, 6) is 0.345. The first-order valence-electron chi connectivity index (χ1n) is 3.95. The lowest BCUT2D eigenvalue weighted by molar-refractivity contribution is -0.119. The third-order valence-corrected chi connectivity index (χ3v) is 2.19. The Morgan fingerprint density at radius 1 is 1.73 bits per heavy atom. The molecule has 1 aliphatic carbocycles. The smallest absolute Gasteiger partial charge is 0.137 e. The normalized spacial score (nSPS) is 24.7. The van der Waals surface area contributed by atoms with Crippen molar-refractivity contribution in [3.8, 4) is 0 Å². The standard InChI is InChI=1S/C10H14O/c1-7-4-5-10(9(3)11)8(2)6-7/h4,10H,2,5-6H2,1,3H3. The van der Waals surface area contributed by atoms with Gasteiger partial charge in [-0.15, -0.1) is 0 Å². The van der Waals surface area contributed by atoms with E-state index in [-0.39, 0.29) is 11.7 Å². The fraction of sp³-hybridized carbons (Fsp3) is 0.500. The lowest BCUT2D eigenvalue weighted by Gasteiger charge is -2.20. The fourth-order valence-corrected chi connectivity index (χ4v) is 1.49. The van der Waals surface area contributed by atoms with Crippen LogP contribution >= 0.6 is 0 Å². The van der Waals surface area contributed by atoms with E-state index in [1.807, 2.05) is 0 Å². The second kappa shape index (κ2) is 3.04. The average molecular weight is 150 g/mol. The van der Waals surface area contributed by atoms with Crippen LogP contribution in [0.4, 0.5) is 0 Å². The van der Waals surface area contributed by atoms with Crippen LogP contribution in [-0.4, -0.2) is 5.78 Å². The topological polar surface area (TPSA) is 17.1 Å². The molecule has 1 aliphatic rings. The van der Waals surface area contributed by atoms with E-state index in [2.05, 4.69) is 19.6 Å². The van der Waals surface area contributed by atoms with Gasteiger partial charge in [-0.3, -0.25) is 4.79 Å². The Morgan fingerprint density at radius 3 is 2.82 bits per heavy atom. The van der Waals surface area contributed by atoms with Gasteiger partial charge in [0.2, 0.25) is 0 Å². The van der Waals surface area contributed by atoms with Crippen molar-refractivity contribution in [2.45, 2.75) is 26.7 Å². The average Bonchev–Trinajstić information content (AvgIpc) is 1.85. The van der Waals surface area contributed by atoms with Gasteiger partial charge in [-0.1, -0.05) is 23.8 Å². The van der Waals surface area contributed by atoms with Crippen LogP contribution in [0.1, 0.15) is 26.7 Å². The summed E-state index contributed by atoms with van der Waals surface area (Å²) in [7, 11) is 0. The number of carbonyl (C=O) groups excluding carboxylic acids is 1. The predicted molar refractivity (Wildman–Crippen MR) is 46.3 cm³/mol. The number of ketones is 1. The van der Waals surface area contributed by atoms with Crippen LogP contribution in [0.5, 0.6) is 0 Å². The summed E-state index contributed by atoms with van der Waals surface area (Å²) in [5, 5.41) is 0. The minimum Gasteiger partial charge on any atom is -0.299 e. The summed E-state index contributed by atoms with van der Waals surface area (Å²) in [6.07, 6.45) is 3.91. The summed E-state index contributed by atoms with van der Waals surface area (Å²) in [5.41, 5.74) is 2.42. The first-order chi connectivity index (χ1) is 5.11. The Labute approximate surface area is 67.8 Å². The summed E-state index contributed by atoms with van der Waals surface area (Å²) >= 11 is 0. The van der Waals surface area contributed by atoms with E-state index in [1.54, 1.807) is 6.92 Å². The van der Waals surface area contributed by atoms with Crippen LogP contribution in [0.15, 0.2) is 23.8 Å². The zero-order chi connectivity index (χ0) is 8.43. The van der Waals surface area contributed by atoms with Gasteiger partial charge in [-0.25, -0.2) is 0 Å². The molecule has 1 atom stereocenters. The quantitative estimate of drug-likeness (QED) is 0.525. The van der Waals surface area contributed by atoms with Crippen LogP contribution in [0.2, 0.25) is 0 Å². The second-order valence-corrected chi connectivity index (χ2v) is 3.28. The van der Waals surface area contributed by atoms with Crippen molar-refractivity contribution in [3.05, 3.63) is 23.8 Å². The summed E-state index contributed by atoms with van der Waals surface area (Å²) in [6.45, 7) is 7.63.